The summed E-state index contributed by atoms with van der Waals surface area (Å²) in [4.78, 5) is 12.4. The molecule has 0 amide bonds. The van der Waals surface area contributed by atoms with Crippen molar-refractivity contribution < 1.29 is 0 Å². The first kappa shape index (κ1) is 9.89. The molecule has 1 unspecified atom stereocenters. The number of imidazole rings is 1. The molecule has 0 radical (unpaired) electrons. The number of hydrogen-bond donors (Lipinski definition) is 1. The second kappa shape index (κ2) is 3.84. The van der Waals surface area contributed by atoms with E-state index >= 15 is 0 Å². The topological polar surface area (TPSA) is 69.6 Å². The van der Waals surface area contributed by atoms with E-state index < -0.39 is 0 Å². The van der Waals surface area contributed by atoms with Gasteiger partial charge in [0.1, 0.15) is 11.8 Å². The average molecular weight is 205 g/mol. The van der Waals surface area contributed by atoms with E-state index in [-0.39, 0.29) is 0 Å². The van der Waals surface area contributed by atoms with Gasteiger partial charge in [-0.1, -0.05) is 13.3 Å². The van der Waals surface area contributed by atoms with Crippen LogP contribution in [0.5, 0.6) is 0 Å². The zero-order chi connectivity index (χ0) is 10.8. The number of nitrogens with two attached hydrogens (primary N) is 1. The predicted octanol–water partition coefficient (Wildman–Crippen LogP) is 1.77. The van der Waals surface area contributed by atoms with Crippen molar-refractivity contribution in [3.05, 3.63) is 12.7 Å². The first-order chi connectivity index (χ1) is 7.24. The first-order valence-electron chi connectivity index (χ1n) is 5.17. The fraction of sp³-hybridized carbons (Fsp3) is 0.500. The standard InChI is InChI=1S/C10H15N5/c1-3-4-7(2)15-6-14-8-9(11)12-5-13-10(8)15/h5-7H,3-4H2,1-2H3,(H2,11,12,13). The Balaban J connectivity index is 2.49. The number of nitrogens with zero attached hydrogens (tertiary/aromatic N) is 4. The SMILES string of the molecule is CCCC(C)n1cnc2c(N)ncnc21. The summed E-state index contributed by atoms with van der Waals surface area (Å²) in [5.74, 6) is 0.447. The van der Waals surface area contributed by atoms with Crippen molar-refractivity contribution in [2.45, 2.75) is 32.7 Å². The molecule has 0 saturated carbocycles. The predicted molar refractivity (Wildman–Crippen MR) is 59.4 cm³/mol. The van der Waals surface area contributed by atoms with E-state index in [0.29, 0.717) is 17.4 Å². The van der Waals surface area contributed by atoms with E-state index in [2.05, 4.69) is 33.4 Å². The van der Waals surface area contributed by atoms with E-state index in [4.69, 9.17) is 5.73 Å². The lowest BCUT2D eigenvalue weighted by atomic mass is 10.2. The monoisotopic (exact) mass is 205 g/mol. The summed E-state index contributed by atoms with van der Waals surface area (Å²) >= 11 is 0. The van der Waals surface area contributed by atoms with Crippen LogP contribution >= 0.6 is 0 Å². The van der Waals surface area contributed by atoms with Gasteiger partial charge in [-0.15, -0.1) is 0 Å². The molecule has 5 heteroatoms. The van der Waals surface area contributed by atoms with Gasteiger partial charge < -0.3 is 10.3 Å². The summed E-state index contributed by atoms with van der Waals surface area (Å²) in [5, 5.41) is 0. The van der Waals surface area contributed by atoms with Gasteiger partial charge in [0, 0.05) is 6.04 Å². The van der Waals surface area contributed by atoms with Gasteiger partial charge in [-0.25, -0.2) is 15.0 Å². The van der Waals surface area contributed by atoms with Crippen molar-refractivity contribution in [1.82, 2.24) is 19.5 Å². The Morgan fingerprint density at radius 1 is 1.40 bits per heavy atom. The lowest BCUT2D eigenvalue weighted by Crippen LogP contribution is -2.04. The summed E-state index contributed by atoms with van der Waals surface area (Å²) < 4.78 is 2.05. The van der Waals surface area contributed by atoms with Crippen molar-refractivity contribution in [3.8, 4) is 0 Å². The zero-order valence-corrected chi connectivity index (χ0v) is 9.01. The minimum Gasteiger partial charge on any atom is -0.382 e. The first-order valence-corrected chi connectivity index (χ1v) is 5.17. The second-order valence-electron chi connectivity index (χ2n) is 3.72. The number of nitrogen functional groups attached to an aromatic ring is 1. The highest BCUT2D eigenvalue weighted by Gasteiger charge is 2.11. The van der Waals surface area contributed by atoms with Crippen molar-refractivity contribution in [3.63, 3.8) is 0 Å². The summed E-state index contributed by atoms with van der Waals surface area (Å²) in [5.41, 5.74) is 7.23. The lowest BCUT2D eigenvalue weighted by Gasteiger charge is -2.11. The van der Waals surface area contributed by atoms with Crippen LogP contribution in [0, 0.1) is 0 Å². The molecular formula is C10H15N5. The molecule has 0 aliphatic rings. The summed E-state index contributed by atoms with van der Waals surface area (Å²) in [7, 11) is 0. The molecule has 5 nitrogen and oxygen atoms in total. The number of rotatable bonds is 3. The van der Waals surface area contributed by atoms with Gasteiger partial charge in [0.15, 0.2) is 11.5 Å². The Bertz CT molecular complexity index is 462. The Kier molecular flexibility index (Phi) is 2.53. The fourth-order valence-electron chi connectivity index (χ4n) is 1.75. The van der Waals surface area contributed by atoms with Crippen LogP contribution in [0.4, 0.5) is 5.82 Å². The van der Waals surface area contributed by atoms with Gasteiger partial charge >= 0.3 is 0 Å². The highest BCUT2D eigenvalue weighted by Crippen LogP contribution is 2.20. The maximum absolute atomic E-state index is 5.72. The highest BCUT2D eigenvalue weighted by molar-refractivity contribution is 5.81. The third-order valence-corrected chi connectivity index (χ3v) is 2.57. The van der Waals surface area contributed by atoms with Crippen molar-refractivity contribution in [1.29, 1.82) is 0 Å². The third-order valence-electron chi connectivity index (χ3n) is 2.57. The number of fused-ring (bicyclic) bond motifs is 1. The van der Waals surface area contributed by atoms with Crippen molar-refractivity contribution >= 4 is 17.0 Å². The Labute approximate surface area is 88.4 Å². The highest BCUT2D eigenvalue weighted by atomic mass is 15.1. The Morgan fingerprint density at radius 3 is 2.93 bits per heavy atom. The molecule has 2 aromatic heterocycles. The van der Waals surface area contributed by atoms with E-state index in [1.165, 1.54) is 6.33 Å². The van der Waals surface area contributed by atoms with Crippen LogP contribution < -0.4 is 5.73 Å². The van der Waals surface area contributed by atoms with E-state index in [1.54, 1.807) is 6.33 Å². The Morgan fingerprint density at radius 2 is 2.20 bits per heavy atom. The molecule has 0 spiro atoms. The molecule has 2 aromatic rings. The normalized spacial score (nSPS) is 13.2. The van der Waals surface area contributed by atoms with Gasteiger partial charge in [-0.2, -0.15) is 0 Å². The molecule has 2 N–H and O–H groups in total. The summed E-state index contributed by atoms with van der Waals surface area (Å²) in [6, 6.07) is 0.397. The average Bonchev–Trinajstić information content (AvgIpc) is 2.63. The van der Waals surface area contributed by atoms with Crippen molar-refractivity contribution in [2.75, 3.05) is 5.73 Å². The zero-order valence-electron chi connectivity index (χ0n) is 9.01. The molecular weight excluding hydrogens is 190 g/mol. The number of hydrogen-bond acceptors (Lipinski definition) is 4. The van der Waals surface area contributed by atoms with Crippen LogP contribution in [0.1, 0.15) is 32.7 Å². The number of anilines is 1. The molecule has 2 heterocycles. The van der Waals surface area contributed by atoms with Crippen LogP contribution in [-0.4, -0.2) is 19.5 Å². The molecule has 1 atom stereocenters. The van der Waals surface area contributed by atoms with Crippen LogP contribution in [0.25, 0.3) is 11.2 Å². The molecule has 0 aromatic carbocycles. The van der Waals surface area contributed by atoms with Gasteiger partial charge in [-0.05, 0) is 13.3 Å². The maximum atomic E-state index is 5.72. The maximum Gasteiger partial charge on any atom is 0.165 e. The molecule has 0 aliphatic heterocycles. The quantitative estimate of drug-likeness (QED) is 0.829. The minimum atomic E-state index is 0.397. The van der Waals surface area contributed by atoms with Crippen LogP contribution in [-0.2, 0) is 0 Å². The molecule has 2 rings (SSSR count). The van der Waals surface area contributed by atoms with Crippen LogP contribution in [0.2, 0.25) is 0 Å². The van der Waals surface area contributed by atoms with Crippen LogP contribution in [0.3, 0.4) is 0 Å². The number of aromatic nitrogens is 4. The lowest BCUT2D eigenvalue weighted by molar-refractivity contribution is 0.509. The van der Waals surface area contributed by atoms with E-state index in [0.717, 1.165) is 18.5 Å². The molecule has 15 heavy (non-hydrogen) atoms. The third kappa shape index (κ3) is 1.65. The van der Waals surface area contributed by atoms with Gasteiger partial charge in [0.2, 0.25) is 0 Å². The van der Waals surface area contributed by atoms with Crippen molar-refractivity contribution in [2.24, 2.45) is 0 Å². The van der Waals surface area contributed by atoms with E-state index in [9.17, 15) is 0 Å². The fourth-order valence-corrected chi connectivity index (χ4v) is 1.75. The second-order valence-corrected chi connectivity index (χ2v) is 3.72. The summed E-state index contributed by atoms with van der Waals surface area (Å²) in [6.07, 6.45) is 5.52. The van der Waals surface area contributed by atoms with Gasteiger partial charge in [0.05, 0.1) is 6.33 Å². The van der Waals surface area contributed by atoms with Crippen LogP contribution in [0.15, 0.2) is 12.7 Å². The smallest absolute Gasteiger partial charge is 0.165 e. The van der Waals surface area contributed by atoms with E-state index in [1.807, 2.05) is 0 Å². The van der Waals surface area contributed by atoms with Gasteiger partial charge in [0.25, 0.3) is 0 Å². The Hall–Kier alpha value is -1.65. The molecule has 0 saturated heterocycles. The summed E-state index contributed by atoms with van der Waals surface area (Å²) in [6.45, 7) is 4.32. The largest absolute Gasteiger partial charge is 0.382 e. The molecule has 0 fully saturated rings. The molecule has 80 valence electrons. The van der Waals surface area contributed by atoms with Gasteiger partial charge in [-0.3, -0.25) is 0 Å². The minimum absolute atomic E-state index is 0.397. The molecule has 0 bridgehead atoms. The molecule has 0 aliphatic carbocycles.